The predicted octanol–water partition coefficient (Wildman–Crippen LogP) is 3.95. The summed E-state index contributed by atoms with van der Waals surface area (Å²) in [5.74, 6) is 0. The van der Waals surface area contributed by atoms with Crippen LogP contribution in [-0.4, -0.2) is 13.4 Å². The Labute approximate surface area is 128 Å². The smallest absolute Gasteiger partial charge is 0.264 e. The molecule has 4 nitrogen and oxygen atoms in total. The summed E-state index contributed by atoms with van der Waals surface area (Å²) in [6.45, 7) is 0. The molecule has 0 bridgehead atoms. The highest BCUT2D eigenvalue weighted by Gasteiger charge is 2.22. The molecule has 0 saturated heterocycles. The first kappa shape index (κ1) is 14.6. The van der Waals surface area contributed by atoms with Gasteiger partial charge >= 0.3 is 0 Å². The van der Waals surface area contributed by atoms with E-state index >= 15 is 0 Å². The second-order valence-corrected chi connectivity index (χ2v) is 6.68. The highest BCUT2D eigenvalue weighted by atomic mass is 79.9. The van der Waals surface area contributed by atoms with Gasteiger partial charge in [-0.15, -0.1) is 0 Å². The van der Waals surface area contributed by atoms with Crippen molar-refractivity contribution < 1.29 is 8.42 Å². The molecule has 1 heterocycles. The van der Waals surface area contributed by atoms with Gasteiger partial charge in [0.05, 0.1) is 15.7 Å². The number of nitrogens with one attached hydrogen (secondary N) is 1. The molecular weight excluding hydrogens is 375 g/mol. The molecule has 19 heavy (non-hydrogen) atoms. The van der Waals surface area contributed by atoms with E-state index in [1.54, 1.807) is 18.2 Å². The number of pyridine rings is 1. The van der Waals surface area contributed by atoms with Gasteiger partial charge in [0.2, 0.25) is 0 Å². The van der Waals surface area contributed by atoms with Crippen LogP contribution < -0.4 is 4.72 Å². The first-order valence-electron chi connectivity index (χ1n) is 4.99. The zero-order chi connectivity index (χ0) is 14.0. The quantitative estimate of drug-likeness (QED) is 0.818. The second-order valence-electron chi connectivity index (χ2n) is 3.50. The van der Waals surface area contributed by atoms with Crippen molar-refractivity contribution in [2.24, 2.45) is 0 Å². The van der Waals surface area contributed by atoms with Crippen LogP contribution in [0.25, 0.3) is 0 Å². The summed E-state index contributed by atoms with van der Waals surface area (Å²) in [6, 6.07) is 7.67. The van der Waals surface area contributed by atoms with E-state index in [4.69, 9.17) is 23.2 Å². The Morgan fingerprint density at radius 2 is 1.74 bits per heavy atom. The van der Waals surface area contributed by atoms with Crippen molar-refractivity contribution >= 4 is 54.8 Å². The molecule has 1 aromatic carbocycles. The van der Waals surface area contributed by atoms with E-state index in [0.29, 0.717) is 10.3 Å². The van der Waals surface area contributed by atoms with Crippen LogP contribution in [0, 0.1) is 0 Å². The number of rotatable bonds is 3. The molecular formula is C11H7BrCl2N2O2S. The van der Waals surface area contributed by atoms with Gasteiger partial charge in [0.25, 0.3) is 10.0 Å². The molecule has 0 radical (unpaired) electrons. The maximum atomic E-state index is 12.3. The van der Waals surface area contributed by atoms with Gasteiger partial charge in [0, 0.05) is 6.20 Å². The van der Waals surface area contributed by atoms with Crippen LogP contribution in [0.3, 0.4) is 0 Å². The van der Waals surface area contributed by atoms with E-state index in [0.717, 1.165) is 0 Å². The van der Waals surface area contributed by atoms with Crippen molar-refractivity contribution in [3.05, 3.63) is 51.2 Å². The van der Waals surface area contributed by atoms with Gasteiger partial charge in [-0.1, -0.05) is 29.3 Å². The molecule has 0 unspecified atom stereocenters. The van der Waals surface area contributed by atoms with Gasteiger partial charge < -0.3 is 0 Å². The van der Waals surface area contributed by atoms with E-state index in [9.17, 15) is 8.42 Å². The molecule has 0 amide bonds. The third-order valence-corrected chi connectivity index (χ3v) is 5.14. The molecule has 1 aromatic heterocycles. The minimum absolute atomic E-state index is 0.0556. The molecule has 100 valence electrons. The molecule has 0 fully saturated rings. The lowest BCUT2D eigenvalue weighted by Gasteiger charge is -2.11. The average Bonchev–Trinajstić information content (AvgIpc) is 2.31. The molecule has 0 aliphatic heterocycles. The number of halogens is 3. The van der Waals surface area contributed by atoms with Crippen molar-refractivity contribution in [1.29, 1.82) is 0 Å². The zero-order valence-electron chi connectivity index (χ0n) is 9.27. The fraction of sp³-hybridized carbons (Fsp3) is 0. The summed E-state index contributed by atoms with van der Waals surface area (Å²) >= 11 is 14.9. The summed E-state index contributed by atoms with van der Waals surface area (Å²) in [5, 5.41) is 0.111. The van der Waals surface area contributed by atoms with Crippen molar-refractivity contribution in [2.75, 3.05) is 4.72 Å². The summed E-state index contributed by atoms with van der Waals surface area (Å²) in [5.41, 5.74) is 0.304. The maximum absolute atomic E-state index is 12.3. The highest BCUT2D eigenvalue weighted by Crippen LogP contribution is 2.31. The topological polar surface area (TPSA) is 59.1 Å². The standard InChI is InChI=1S/C11H7BrCl2N2O2S/c12-11-9(5-2-6-15-11)16-19(17,18)10-7(13)3-1-4-8(10)14/h1-6,16H. The molecule has 0 atom stereocenters. The number of aromatic nitrogens is 1. The van der Waals surface area contributed by atoms with Crippen molar-refractivity contribution in [2.45, 2.75) is 4.90 Å². The van der Waals surface area contributed by atoms with Gasteiger partial charge in [-0.05, 0) is 40.2 Å². The summed E-state index contributed by atoms with van der Waals surface area (Å²) in [7, 11) is -3.88. The number of nitrogens with zero attached hydrogens (tertiary/aromatic N) is 1. The maximum Gasteiger partial charge on any atom is 0.264 e. The Bertz CT molecular complexity index is 702. The number of benzene rings is 1. The Morgan fingerprint density at radius 3 is 2.32 bits per heavy atom. The van der Waals surface area contributed by atoms with E-state index in [1.165, 1.54) is 18.3 Å². The third kappa shape index (κ3) is 3.20. The summed E-state index contributed by atoms with van der Waals surface area (Å²) in [4.78, 5) is 3.77. The van der Waals surface area contributed by atoms with Crippen LogP contribution in [0.5, 0.6) is 0 Å². The minimum atomic E-state index is -3.88. The minimum Gasteiger partial charge on any atom is -0.277 e. The van der Waals surface area contributed by atoms with Crippen molar-refractivity contribution in [3.8, 4) is 0 Å². The molecule has 0 saturated carbocycles. The molecule has 2 aromatic rings. The average molecular weight is 382 g/mol. The Morgan fingerprint density at radius 1 is 1.11 bits per heavy atom. The number of sulfonamides is 1. The van der Waals surface area contributed by atoms with Crippen LogP contribution in [-0.2, 0) is 10.0 Å². The summed E-state index contributed by atoms with van der Waals surface area (Å²) < 4.78 is 27.3. The molecule has 1 N–H and O–H groups in total. The lowest BCUT2D eigenvalue weighted by atomic mass is 10.4. The van der Waals surface area contributed by atoms with E-state index < -0.39 is 10.0 Å². The van der Waals surface area contributed by atoms with E-state index in [-0.39, 0.29) is 14.9 Å². The van der Waals surface area contributed by atoms with Gasteiger partial charge in [0.15, 0.2) is 0 Å². The first-order valence-corrected chi connectivity index (χ1v) is 8.02. The van der Waals surface area contributed by atoms with Crippen LogP contribution >= 0.6 is 39.1 Å². The monoisotopic (exact) mass is 380 g/mol. The van der Waals surface area contributed by atoms with Crippen LogP contribution in [0.4, 0.5) is 5.69 Å². The predicted molar refractivity (Wildman–Crippen MR) is 79.2 cm³/mol. The second kappa shape index (κ2) is 5.66. The Balaban J connectivity index is 2.47. The van der Waals surface area contributed by atoms with Crippen LogP contribution in [0.15, 0.2) is 46.0 Å². The molecule has 0 aliphatic carbocycles. The molecule has 8 heteroatoms. The van der Waals surface area contributed by atoms with E-state index in [2.05, 4.69) is 25.6 Å². The summed E-state index contributed by atoms with van der Waals surface area (Å²) in [6.07, 6.45) is 1.53. The number of hydrogen-bond acceptors (Lipinski definition) is 3. The largest absolute Gasteiger partial charge is 0.277 e. The lowest BCUT2D eigenvalue weighted by molar-refractivity contribution is 0.601. The fourth-order valence-electron chi connectivity index (χ4n) is 1.40. The van der Waals surface area contributed by atoms with Gasteiger partial charge in [-0.3, -0.25) is 4.72 Å². The van der Waals surface area contributed by atoms with Crippen LogP contribution in [0.1, 0.15) is 0 Å². The highest BCUT2D eigenvalue weighted by molar-refractivity contribution is 9.10. The third-order valence-electron chi connectivity index (χ3n) is 2.19. The van der Waals surface area contributed by atoms with Gasteiger partial charge in [-0.2, -0.15) is 0 Å². The lowest BCUT2D eigenvalue weighted by Crippen LogP contribution is -2.14. The molecule has 0 aliphatic rings. The van der Waals surface area contributed by atoms with Crippen molar-refractivity contribution in [1.82, 2.24) is 4.98 Å². The zero-order valence-corrected chi connectivity index (χ0v) is 13.2. The van der Waals surface area contributed by atoms with E-state index in [1.807, 2.05) is 0 Å². The van der Waals surface area contributed by atoms with Gasteiger partial charge in [-0.25, -0.2) is 13.4 Å². The van der Waals surface area contributed by atoms with Crippen LogP contribution in [0.2, 0.25) is 10.0 Å². The fourth-order valence-corrected chi connectivity index (χ4v) is 4.09. The number of anilines is 1. The first-order chi connectivity index (χ1) is 8.92. The Kier molecular flexibility index (Phi) is 4.35. The number of hydrogen-bond donors (Lipinski definition) is 1. The SMILES string of the molecule is O=S(=O)(Nc1cccnc1Br)c1c(Cl)cccc1Cl. The molecule has 0 spiro atoms. The Hall–Kier alpha value is -0.820. The van der Waals surface area contributed by atoms with Gasteiger partial charge in [0.1, 0.15) is 9.50 Å². The molecule has 2 rings (SSSR count). The normalized spacial score (nSPS) is 11.3. The van der Waals surface area contributed by atoms with Crippen molar-refractivity contribution in [3.63, 3.8) is 0 Å².